The van der Waals surface area contributed by atoms with E-state index in [4.69, 9.17) is 9.47 Å². The van der Waals surface area contributed by atoms with Gasteiger partial charge in [-0.1, -0.05) is 60.3 Å². The summed E-state index contributed by atoms with van der Waals surface area (Å²) in [6.07, 6.45) is 9.40. The highest BCUT2D eigenvalue weighted by Crippen LogP contribution is 2.27. The fraction of sp³-hybridized carbons (Fsp3) is 1.00. The van der Waals surface area contributed by atoms with Crippen LogP contribution < -0.4 is 0 Å². The Labute approximate surface area is 153 Å². The lowest BCUT2D eigenvalue weighted by Crippen LogP contribution is -2.21. The summed E-state index contributed by atoms with van der Waals surface area (Å²) in [5.41, 5.74) is 0. The molecule has 146 valence electrons. The Morgan fingerprint density at radius 1 is 0.750 bits per heavy atom. The largest absolute Gasteiger partial charge is 0.379 e. The van der Waals surface area contributed by atoms with Gasteiger partial charge in [0.1, 0.15) is 0 Å². The molecule has 1 aliphatic heterocycles. The highest BCUT2D eigenvalue weighted by Gasteiger charge is 2.13. The van der Waals surface area contributed by atoms with Crippen molar-refractivity contribution in [3.63, 3.8) is 0 Å². The normalized spacial score (nSPS) is 30.2. The Balaban J connectivity index is 0.000000331. The van der Waals surface area contributed by atoms with Crippen LogP contribution in [0.4, 0.5) is 0 Å². The third-order valence-electron chi connectivity index (χ3n) is 4.80. The van der Waals surface area contributed by atoms with Crippen LogP contribution in [0.25, 0.3) is 0 Å². The summed E-state index contributed by atoms with van der Waals surface area (Å²) < 4.78 is 10.7. The van der Waals surface area contributed by atoms with E-state index < -0.39 is 0 Å². The molecule has 0 radical (unpaired) electrons. The van der Waals surface area contributed by atoms with Crippen LogP contribution in [-0.4, -0.2) is 25.4 Å². The zero-order valence-corrected chi connectivity index (χ0v) is 17.9. The van der Waals surface area contributed by atoms with Gasteiger partial charge in [0.25, 0.3) is 0 Å². The maximum atomic E-state index is 5.39. The summed E-state index contributed by atoms with van der Waals surface area (Å²) >= 11 is 0. The number of hydrogen-bond donors (Lipinski definition) is 0. The van der Waals surface area contributed by atoms with Crippen molar-refractivity contribution in [1.82, 2.24) is 0 Å². The Bertz CT molecular complexity index is 211. The second-order valence-corrected chi connectivity index (χ2v) is 8.97. The van der Waals surface area contributed by atoms with Gasteiger partial charge in [0.2, 0.25) is 0 Å². The minimum Gasteiger partial charge on any atom is -0.379 e. The summed E-state index contributed by atoms with van der Waals surface area (Å²) in [4.78, 5) is 0. The molecule has 0 aromatic heterocycles. The first-order valence-electron chi connectivity index (χ1n) is 10.4. The third-order valence-corrected chi connectivity index (χ3v) is 4.80. The van der Waals surface area contributed by atoms with Crippen LogP contribution in [0.1, 0.15) is 93.9 Å². The van der Waals surface area contributed by atoms with Gasteiger partial charge >= 0.3 is 0 Å². The van der Waals surface area contributed by atoms with Crippen LogP contribution in [0.3, 0.4) is 0 Å². The molecule has 2 rings (SSSR count). The van der Waals surface area contributed by atoms with Gasteiger partial charge in [-0.25, -0.2) is 0 Å². The first kappa shape index (κ1) is 23.9. The topological polar surface area (TPSA) is 18.5 Å². The lowest BCUT2D eigenvalue weighted by atomic mass is 9.84. The monoisotopic (exact) mass is 342 g/mol. The number of rotatable bonds is 3. The van der Waals surface area contributed by atoms with E-state index in [1.165, 1.54) is 38.5 Å². The average Bonchev–Trinajstić information content (AvgIpc) is 2.52. The fourth-order valence-corrected chi connectivity index (χ4v) is 2.83. The van der Waals surface area contributed by atoms with Gasteiger partial charge in [-0.15, -0.1) is 0 Å². The van der Waals surface area contributed by atoms with E-state index in [2.05, 4.69) is 55.4 Å². The predicted octanol–water partition coefficient (Wildman–Crippen LogP) is 6.72. The summed E-state index contributed by atoms with van der Waals surface area (Å²) in [6.45, 7) is 19.4. The Morgan fingerprint density at radius 3 is 1.46 bits per heavy atom. The Morgan fingerprint density at radius 2 is 1.21 bits per heavy atom. The first-order chi connectivity index (χ1) is 11.2. The van der Waals surface area contributed by atoms with E-state index in [1.807, 2.05) is 0 Å². The zero-order valence-electron chi connectivity index (χ0n) is 17.9. The highest BCUT2D eigenvalue weighted by molar-refractivity contribution is 4.65. The van der Waals surface area contributed by atoms with E-state index in [0.717, 1.165) is 31.0 Å². The molecule has 0 amide bonds. The van der Waals surface area contributed by atoms with Crippen molar-refractivity contribution in [2.24, 2.45) is 23.7 Å². The van der Waals surface area contributed by atoms with Crippen molar-refractivity contribution in [3.8, 4) is 0 Å². The van der Waals surface area contributed by atoms with Gasteiger partial charge in [-0.3, -0.25) is 0 Å². The molecule has 1 saturated heterocycles. The van der Waals surface area contributed by atoms with Crippen molar-refractivity contribution >= 4 is 0 Å². The van der Waals surface area contributed by atoms with Crippen LogP contribution in [0.5, 0.6) is 0 Å². The second-order valence-electron chi connectivity index (χ2n) is 8.97. The molecule has 2 fully saturated rings. The zero-order chi connectivity index (χ0) is 18.5. The molecular weight excluding hydrogens is 296 g/mol. The molecule has 2 aliphatic rings. The Hall–Kier alpha value is -0.0800. The second kappa shape index (κ2) is 14.1. The smallest absolute Gasteiger partial charge is 0.0547 e. The quantitative estimate of drug-likeness (QED) is 0.566. The number of hydrogen-bond acceptors (Lipinski definition) is 2. The molecule has 2 unspecified atom stereocenters. The molecular formula is C22H46O2. The van der Waals surface area contributed by atoms with Gasteiger partial charge < -0.3 is 9.47 Å². The van der Waals surface area contributed by atoms with Gasteiger partial charge in [0.15, 0.2) is 0 Å². The lowest BCUT2D eigenvalue weighted by molar-refractivity contribution is 0.000267. The van der Waals surface area contributed by atoms with Gasteiger partial charge in [-0.2, -0.15) is 0 Å². The van der Waals surface area contributed by atoms with E-state index in [9.17, 15) is 0 Å². The number of ether oxygens (including phenoxy) is 2. The molecule has 0 bridgehead atoms. The Kier molecular flexibility index (Phi) is 14.1. The summed E-state index contributed by atoms with van der Waals surface area (Å²) in [7, 11) is 0. The summed E-state index contributed by atoms with van der Waals surface area (Å²) in [6, 6.07) is 0. The SMILES string of the molecule is CC(C)COC(C)C.CC1CCC(C)CC1.CC1CCC(C)OC1. The van der Waals surface area contributed by atoms with Gasteiger partial charge in [-0.05, 0) is 57.3 Å². The predicted molar refractivity (Wildman–Crippen MR) is 107 cm³/mol. The minimum atomic E-state index is 0.386. The van der Waals surface area contributed by atoms with Gasteiger partial charge in [0, 0.05) is 13.2 Å². The average molecular weight is 343 g/mol. The van der Waals surface area contributed by atoms with E-state index in [1.54, 1.807) is 0 Å². The third kappa shape index (κ3) is 15.4. The van der Waals surface area contributed by atoms with Gasteiger partial charge in [0.05, 0.1) is 12.2 Å². The molecule has 0 aromatic rings. The van der Waals surface area contributed by atoms with Crippen molar-refractivity contribution < 1.29 is 9.47 Å². The minimum absolute atomic E-state index is 0.386. The molecule has 0 aromatic carbocycles. The van der Waals surface area contributed by atoms with Crippen LogP contribution in [0.2, 0.25) is 0 Å². The molecule has 1 heterocycles. The van der Waals surface area contributed by atoms with Crippen molar-refractivity contribution in [3.05, 3.63) is 0 Å². The van der Waals surface area contributed by atoms with Crippen LogP contribution in [0.15, 0.2) is 0 Å². The summed E-state index contributed by atoms with van der Waals surface area (Å²) in [5, 5.41) is 0. The van der Waals surface area contributed by atoms with E-state index in [-0.39, 0.29) is 0 Å². The van der Waals surface area contributed by atoms with Crippen LogP contribution in [-0.2, 0) is 9.47 Å². The summed E-state index contributed by atoms with van der Waals surface area (Å²) in [5.74, 6) is 3.50. The molecule has 2 atom stereocenters. The van der Waals surface area contributed by atoms with Crippen LogP contribution in [0, 0.1) is 23.7 Å². The van der Waals surface area contributed by atoms with E-state index >= 15 is 0 Å². The first-order valence-corrected chi connectivity index (χ1v) is 10.4. The van der Waals surface area contributed by atoms with Crippen molar-refractivity contribution in [2.45, 2.75) is 106 Å². The lowest BCUT2D eigenvalue weighted by Gasteiger charge is -2.23. The van der Waals surface area contributed by atoms with E-state index in [0.29, 0.717) is 18.1 Å². The van der Waals surface area contributed by atoms with Crippen molar-refractivity contribution in [1.29, 1.82) is 0 Å². The molecule has 24 heavy (non-hydrogen) atoms. The molecule has 0 spiro atoms. The standard InChI is InChI=1S/C8H16.C7H14O.C7H16O/c1-7-3-5-8(2)6-4-7;1-6-3-4-7(2)8-5-6;1-6(2)5-8-7(3)4/h7-8H,3-6H2,1-2H3;6-7H,3-5H2,1-2H3;6-7H,5H2,1-4H3. The molecule has 0 N–H and O–H groups in total. The molecule has 1 saturated carbocycles. The van der Waals surface area contributed by atoms with Crippen LogP contribution >= 0.6 is 0 Å². The molecule has 2 heteroatoms. The highest BCUT2D eigenvalue weighted by atomic mass is 16.5. The maximum Gasteiger partial charge on any atom is 0.0547 e. The van der Waals surface area contributed by atoms with Crippen molar-refractivity contribution in [2.75, 3.05) is 13.2 Å². The maximum absolute atomic E-state index is 5.39. The molecule has 1 aliphatic carbocycles. The molecule has 2 nitrogen and oxygen atoms in total. The fourth-order valence-electron chi connectivity index (χ4n) is 2.83.